The maximum absolute atomic E-state index is 12.7. The number of methoxy groups -OCH3 is 1. The van der Waals surface area contributed by atoms with Gasteiger partial charge in [-0.3, -0.25) is 0 Å². The van der Waals surface area contributed by atoms with Gasteiger partial charge in [-0.05, 0) is 17.6 Å². The third kappa shape index (κ3) is 3.36. The van der Waals surface area contributed by atoms with Gasteiger partial charge in [-0.2, -0.15) is 0 Å². The first kappa shape index (κ1) is 12.9. The fourth-order valence-corrected chi connectivity index (χ4v) is 0.837. The average Bonchev–Trinajstić information content (AvgIpc) is 2.21. The molecule has 0 aromatic heterocycles. The fourth-order valence-electron chi connectivity index (χ4n) is 0.837. The molecule has 0 unspecified atom stereocenters. The van der Waals surface area contributed by atoms with Gasteiger partial charge in [0.1, 0.15) is 0 Å². The molecule has 0 aliphatic heterocycles. The molecule has 0 spiro atoms. The molecule has 0 amide bonds. The maximum Gasteiger partial charge on any atom is 0.488 e. The summed E-state index contributed by atoms with van der Waals surface area (Å²) >= 11 is 0. The summed E-state index contributed by atoms with van der Waals surface area (Å²) in [7, 11) is -0.286. The largest absolute Gasteiger partial charge is 0.494 e. The standard InChI is InChI=1S/C7H8BFO3.C2H6/c1-12-7-4-5(8(10)11)2-3-6(7)9;1-2/h2-4,10-11H,1H3;1-2H3. The van der Waals surface area contributed by atoms with Crippen LogP contribution in [0.25, 0.3) is 0 Å². The highest BCUT2D eigenvalue weighted by Gasteiger charge is 2.13. The van der Waals surface area contributed by atoms with E-state index in [1.165, 1.54) is 19.2 Å². The van der Waals surface area contributed by atoms with Crippen molar-refractivity contribution in [3.63, 3.8) is 0 Å². The van der Waals surface area contributed by atoms with Crippen molar-refractivity contribution in [2.75, 3.05) is 7.11 Å². The van der Waals surface area contributed by atoms with Gasteiger partial charge in [-0.1, -0.05) is 19.9 Å². The average molecular weight is 200 g/mol. The van der Waals surface area contributed by atoms with Gasteiger partial charge in [-0.25, -0.2) is 4.39 Å². The smallest absolute Gasteiger partial charge is 0.488 e. The van der Waals surface area contributed by atoms with E-state index in [2.05, 4.69) is 4.74 Å². The Balaban J connectivity index is 0.000000791. The van der Waals surface area contributed by atoms with Crippen molar-refractivity contribution in [1.29, 1.82) is 0 Å². The van der Waals surface area contributed by atoms with Gasteiger partial charge in [0.05, 0.1) is 7.11 Å². The quantitative estimate of drug-likeness (QED) is 0.685. The van der Waals surface area contributed by atoms with Crippen molar-refractivity contribution in [3.8, 4) is 5.75 Å². The number of hydrogen-bond acceptors (Lipinski definition) is 3. The van der Waals surface area contributed by atoms with Crippen molar-refractivity contribution in [2.45, 2.75) is 13.8 Å². The zero-order valence-electron chi connectivity index (χ0n) is 8.49. The molecular formula is C9H14BFO3. The molecule has 3 nitrogen and oxygen atoms in total. The molecule has 1 aromatic carbocycles. The van der Waals surface area contributed by atoms with Crippen molar-refractivity contribution in [3.05, 3.63) is 24.0 Å². The summed E-state index contributed by atoms with van der Waals surface area (Å²) < 4.78 is 17.4. The zero-order chi connectivity index (χ0) is 11.1. The van der Waals surface area contributed by atoms with Crippen LogP contribution in [-0.4, -0.2) is 24.3 Å². The van der Waals surface area contributed by atoms with Crippen LogP contribution in [0.15, 0.2) is 18.2 Å². The number of halogens is 1. The highest BCUT2D eigenvalue weighted by molar-refractivity contribution is 6.58. The molecule has 0 saturated heterocycles. The Labute approximate surface area is 83.3 Å². The first-order chi connectivity index (χ1) is 6.65. The van der Waals surface area contributed by atoms with E-state index < -0.39 is 12.9 Å². The second kappa shape index (κ2) is 6.40. The second-order valence-electron chi connectivity index (χ2n) is 2.27. The van der Waals surface area contributed by atoms with Gasteiger partial charge in [-0.15, -0.1) is 0 Å². The SMILES string of the molecule is CC.COc1cc(B(O)O)ccc1F. The summed E-state index contributed by atoms with van der Waals surface area (Å²) in [6, 6.07) is 3.64. The van der Waals surface area contributed by atoms with Gasteiger partial charge in [0.2, 0.25) is 0 Å². The van der Waals surface area contributed by atoms with Crippen molar-refractivity contribution < 1.29 is 19.2 Å². The molecule has 0 saturated carbocycles. The van der Waals surface area contributed by atoms with Crippen LogP contribution in [0.5, 0.6) is 5.75 Å². The van der Waals surface area contributed by atoms with Gasteiger partial charge < -0.3 is 14.8 Å². The van der Waals surface area contributed by atoms with Gasteiger partial charge in [0, 0.05) is 0 Å². The predicted molar refractivity (Wildman–Crippen MR) is 54.1 cm³/mol. The van der Waals surface area contributed by atoms with E-state index in [-0.39, 0.29) is 11.2 Å². The number of benzene rings is 1. The number of ether oxygens (including phenoxy) is 1. The fraction of sp³-hybridized carbons (Fsp3) is 0.333. The normalized spacial score (nSPS) is 8.71. The number of rotatable bonds is 2. The van der Waals surface area contributed by atoms with Crippen molar-refractivity contribution in [2.24, 2.45) is 0 Å². The lowest BCUT2D eigenvalue weighted by molar-refractivity contribution is 0.386. The zero-order valence-corrected chi connectivity index (χ0v) is 8.49. The summed E-state index contributed by atoms with van der Waals surface area (Å²) in [5.74, 6) is -0.525. The Kier molecular flexibility index (Phi) is 5.91. The van der Waals surface area contributed by atoms with Crippen LogP contribution < -0.4 is 10.2 Å². The van der Waals surface area contributed by atoms with Gasteiger partial charge >= 0.3 is 7.12 Å². The molecular weight excluding hydrogens is 186 g/mol. The third-order valence-corrected chi connectivity index (χ3v) is 1.47. The third-order valence-electron chi connectivity index (χ3n) is 1.47. The van der Waals surface area contributed by atoms with Crippen LogP contribution in [-0.2, 0) is 0 Å². The Bertz CT molecular complexity index is 279. The van der Waals surface area contributed by atoms with E-state index >= 15 is 0 Å². The summed E-state index contributed by atoms with van der Waals surface area (Å²) in [5.41, 5.74) is 0.202. The van der Waals surface area contributed by atoms with E-state index in [0.29, 0.717) is 0 Å². The molecule has 0 heterocycles. The molecule has 1 rings (SSSR count). The van der Waals surface area contributed by atoms with E-state index in [1.807, 2.05) is 13.8 Å². The highest BCUT2D eigenvalue weighted by Crippen LogP contribution is 2.13. The molecule has 1 aromatic rings. The summed E-state index contributed by atoms with van der Waals surface area (Å²) in [6.45, 7) is 4.00. The second-order valence-corrected chi connectivity index (χ2v) is 2.27. The minimum atomic E-state index is -1.60. The maximum atomic E-state index is 12.7. The van der Waals surface area contributed by atoms with E-state index in [1.54, 1.807) is 0 Å². The molecule has 0 radical (unpaired) electrons. The Morgan fingerprint density at radius 3 is 2.29 bits per heavy atom. The minimum absolute atomic E-state index is 0.000556. The van der Waals surface area contributed by atoms with Crippen LogP contribution in [0, 0.1) is 5.82 Å². The first-order valence-electron chi connectivity index (χ1n) is 4.34. The molecule has 2 N–H and O–H groups in total. The Hall–Kier alpha value is -1.07. The van der Waals surface area contributed by atoms with Gasteiger partial charge in [0.25, 0.3) is 0 Å². The molecule has 0 bridgehead atoms. The van der Waals surface area contributed by atoms with Crippen molar-refractivity contribution >= 4 is 12.6 Å². The molecule has 0 atom stereocenters. The number of hydrogen-bond donors (Lipinski definition) is 2. The molecule has 0 aliphatic carbocycles. The van der Waals surface area contributed by atoms with E-state index in [4.69, 9.17) is 10.0 Å². The van der Waals surface area contributed by atoms with Crippen LogP contribution in [0.1, 0.15) is 13.8 Å². The lowest BCUT2D eigenvalue weighted by Crippen LogP contribution is -2.29. The first-order valence-corrected chi connectivity index (χ1v) is 4.34. The van der Waals surface area contributed by atoms with Crippen LogP contribution in [0.3, 0.4) is 0 Å². The Morgan fingerprint density at radius 2 is 1.86 bits per heavy atom. The molecule has 0 fully saturated rings. The molecule has 78 valence electrons. The topological polar surface area (TPSA) is 49.7 Å². The summed E-state index contributed by atoms with van der Waals surface area (Å²) in [6.07, 6.45) is 0. The monoisotopic (exact) mass is 200 g/mol. The van der Waals surface area contributed by atoms with E-state index in [0.717, 1.165) is 6.07 Å². The van der Waals surface area contributed by atoms with Crippen LogP contribution in [0.4, 0.5) is 4.39 Å². The molecule has 5 heteroatoms. The van der Waals surface area contributed by atoms with Crippen LogP contribution >= 0.6 is 0 Å². The Morgan fingerprint density at radius 1 is 1.29 bits per heavy atom. The van der Waals surface area contributed by atoms with E-state index in [9.17, 15) is 4.39 Å². The van der Waals surface area contributed by atoms with Gasteiger partial charge in [0.15, 0.2) is 11.6 Å². The summed E-state index contributed by atoms with van der Waals surface area (Å²) in [5, 5.41) is 17.4. The lowest BCUT2D eigenvalue weighted by Gasteiger charge is -2.03. The highest BCUT2D eigenvalue weighted by atomic mass is 19.1. The lowest BCUT2D eigenvalue weighted by atomic mass is 9.80. The molecule has 14 heavy (non-hydrogen) atoms. The molecule has 0 aliphatic rings. The van der Waals surface area contributed by atoms with Crippen LogP contribution in [0.2, 0.25) is 0 Å². The minimum Gasteiger partial charge on any atom is -0.494 e. The summed E-state index contributed by atoms with van der Waals surface area (Å²) in [4.78, 5) is 0. The predicted octanol–water partition coefficient (Wildman–Crippen LogP) is 0.540. The van der Waals surface area contributed by atoms with Crippen molar-refractivity contribution in [1.82, 2.24) is 0 Å².